The fourth-order valence-electron chi connectivity index (χ4n) is 3.96. The molecule has 0 fully saturated rings. The molecule has 12 heteroatoms. The Hall–Kier alpha value is -2.98. The summed E-state index contributed by atoms with van der Waals surface area (Å²) in [6.45, 7) is 5.16. The number of methoxy groups -OCH3 is 1. The first-order valence-corrected chi connectivity index (χ1v) is 15.3. The molecule has 41 heavy (non-hydrogen) atoms. The van der Waals surface area contributed by atoms with Crippen molar-refractivity contribution in [1.82, 2.24) is 10.2 Å². The number of halogens is 3. The maximum absolute atomic E-state index is 14.1. The third-order valence-electron chi connectivity index (χ3n) is 6.23. The van der Waals surface area contributed by atoms with E-state index in [-0.39, 0.29) is 33.8 Å². The average molecular weight is 641 g/mol. The fourth-order valence-corrected chi connectivity index (χ4v) is 6.03. The van der Waals surface area contributed by atoms with Gasteiger partial charge in [-0.1, -0.05) is 72.9 Å². The van der Waals surface area contributed by atoms with Crippen LogP contribution in [0.4, 0.5) is 5.69 Å². The summed E-state index contributed by atoms with van der Waals surface area (Å²) in [4.78, 5) is 28.4. The van der Waals surface area contributed by atoms with Crippen LogP contribution in [0.3, 0.4) is 0 Å². The van der Waals surface area contributed by atoms with E-state index in [0.29, 0.717) is 22.2 Å². The van der Waals surface area contributed by atoms with Gasteiger partial charge >= 0.3 is 0 Å². The molecule has 3 aromatic carbocycles. The molecule has 1 N–H and O–H groups in total. The van der Waals surface area contributed by atoms with Crippen LogP contribution < -0.4 is 14.4 Å². The van der Waals surface area contributed by atoms with Crippen LogP contribution in [0.15, 0.2) is 71.6 Å². The van der Waals surface area contributed by atoms with Gasteiger partial charge in [-0.2, -0.15) is 0 Å². The lowest BCUT2D eigenvalue weighted by molar-refractivity contribution is -0.139. The zero-order valence-corrected chi connectivity index (χ0v) is 26.2. The predicted molar refractivity (Wildman–Crippen MR) is 163 cm³/mol. The molecule has 220 valence electrons. The lowest BCUT2D eigenvalue weighted by Crippen LogP contribution is -2.51. The highest BCUT2D eigenvalue weighted by Crippen LogP contribution is 2.35. The van der Waals surface area contributed by atoms with Gasteiger partial charge in [0, 0.05) is 28.2 Å². The maximum Gasteiger partial charge on any atom is 0.264 e. The quantitative estimate of drug-likeness (QED) is 0.261. The van der Waals surface area contributed by atoms with E-state index in [2.05, 4.69) is 5.32 Å². The van der Waals surface area contributed by atoms with Crippen LogP contribution in [0.1, 0.15) is 26.3 Å². The van der Waals surface area contributed by atoms with Crippen molar-refractivity contribution < 1.29 is 22.7 Å². The number of ether oxygens (including phenoxy) is 1. The van der Waals surface area contributed by atoms with Gasteiger partial charge in [-0.25, -0.2) is 8.42 Å². The van der Waals surface area contributed by atoms with Gasteiger partial charge in [-0.3, -0.25) is 13.9 Å². The zero-order valence-electron chi connectivity index (χ0n) is 23.1. The van der Waals surface area contributed by atoms with E-state index in [4.69, 9.17) is 39.5 Å². The molecule has 1 atom stereocenters. The molecule has 0 aliphatic carbocycles. The van der Waals surface area contributed by atoms with Crippen molar-refractivity contribution in [2.24, 2.45) is 5.92 Å². The van der Waals surface area contributed by atoms with Crippen LogP contribution in [0.2, 0.25) is 15.1 Å². The Morgan fingerprint density at radius 1 is 0.927 bits per heavy atom. The number of hydrogen-bond acceptors (Lipinski definition) is 5. The first-order chi connectivity index (χ1) is 19.3. The fraction of sp³-hybridized carbons (Fsp3) is 0.310. The van der Waals surface area contributed by atoms with Gasteiger partial charge in [-0.05, 0) is 60.9 Å². The molecule has 0 aliphatic heterocycles. The summed E-state index contributed by atoms with van der Waals surface area (Å²) in [6.07, 6.45) is 0. The summed E-state index contributed by atoms with van der Waals surface area (Å²) in [7, 11) is -2.90. The summed E-state index contributed by atoms with van der Waals surface area (Å²) < 4.78 is 34.3. The average Bonchev–Trinajstić information content (AvgIpc) is 2.94. The van der Waals surface area contributed by atoms with Crippen molar-refractivity contribution in [2.75, 3.05) is 24.5 Å². The highest BCUT2D eigenvalue weighted by molar-refractivity contribution is 7.92. The van der Waals surface area contributed by atoms with Gasteiger partial charge in [-0.15, -0.1) is 0 Å². The number of benzene rings is 3. The van der Waals surface area contributed by atoms with E-state index >= 15 is 0 Å². The minimum atomic E-state index is -4.28. The standard InChI is InChI=1S/C29H32Cl3N3O5S/c1-19(2)16-33-29(37)20(3)34(17-21-10-11-22(30)14-25(21)32)28(36)18-35(26-15-23(31)12-13-27(26)40-4)41(38,39)24-8-6-5-7-9-24/h5-15,19-20H,16-18H2,1-4H3,(H,33,37). The van der Waals surface area contributed by atoms with E-state index in [0.717, 1.165) is 4.31 Å². The van der Waals surface area contributed by atoms with E-state index in [1.165, 1.54) is 42.3 Å². The van der Waals surface area contributed by atoms with Crippen LogP contribution in [0, 0.1) is 5.92 Å². The Morgan fingerprint density at radius 2 is 1.56 bits per heavy atom. The van der Waals surface area contributed by atoms with E-state index in [9.17, 15) is 18.0 Å². The first kappa shape index (κ1) is 32.5. The van der Waals surface area contributed by atoms with Crippen LogP contribution in [-0.2, 0) is 26.2 Å². The Labute approximate surface area is 256 Å². The van der Waals surface area contributed by atoms with Gasteiger partial charge in [0.1, 0.15) is 18.3 Å². The maximum atomic E-state index is 14.1. The second-order valence-electron chi connectivity index (χ2n) is 9.71. The highest BCUT2D eigenvalue weighted by atomic mass is 35.5. The van der Waals surface area contributed by atoms with Crippen molar-refractivity contribution in [1.29, 1.82) is 0 Å². The molecule has 0 aliphatic rings. The number of carbonyl (C=O) groups is 2. The van der Waals surface area contributed by atoms with Crippen molar-refractivity contribution in [3.05, 3.63) is 87.4 Å². The predicted octanol–water partition coefficient (Wildman–Crippen LogP) is 6.04. The van der Waals surface area contributed by atoms with Crippen LogP contribution in [0.5, 0.6) is 5.75 Å². The molecule has 0 bridgehead atoms. The topological polar surface area (TPSA) is 96.0 Å². The van der Waals surface area contributed by atoms with E-state index in [1.807, 2.05) is 13.8 Å². The number of hydrogen-bond donors (Lipinski definition) is 1. The Bertz CT molecular complexity index is 1490. The monoisotopic (exact) mass is 639 g/mol. The third kappa shape index (κ3) is 8.29. The molecule has 0 saturated heterocycles. The highest BCUT2D eigenvalue weighted by Gasteiger charge is 2.34. The smallest absolute Gasteiger partial charge is 0.264 e. The zero-order chi connectivity index (χ0) is 30.3. The van der Waals surface area contributed by atoms with Crippen LogP contribution >= 0.6 is 34.8 Å². The van der Waals surface area contributed by atoms with Crippen molar-refractivity contribution in [3.63, 3.8) is 0 Å². The number of carbonyl (C=O) groups excluding carboxylic acids is 2. The molecule has 0 radical (unpaired) electrons. The van der Waals surface area contributed by atoms with Gasteiger partial charge in [0.25, 0.3) is 10.0 Å². The molecule has 0 spiro atoms. The molecule has 0 heterocycles. The molecule has 1 unspecified atom stereocenters. The number of nitrogens with zero attached hydrogens (tertiary/aromatic N) is 2. The Morgan fingerprint density at radius 3 is 2.17 bits per heavy atom. The molecular formula is C29H32Cl3N3O5S. The SMILES string of the molecule is COc1ccc(Cl)cc1N(CC(=O)N(Cc1ccc(Cl)cc1Cl)C(C)C(=O)NCC(C)C)S(=O)(=O)c1ccccc1. The van der Waals surface area contributed by atoms with Crippen molar-refractivity contribution >= 4 is 62.3 Å². The summed E-state index contributed by atoms with van der Waals surface area (Å²) in [6, 6.07) is 16.0. The van der Waals surface area contributed by atoms with E-state index in [1.54, 1.807) is 43.3 Å². The first-order valence-electron chi connectivity index (χ1n) is 12.8. The van der Waals surface area contributed by atoms with Gasteiger partial charge in [0.15, 0.2) is 0 Å². The summed E-state index contributed by atoms with van der Waals surface area (Å²) in [5, 5.41) is 3.79. The molecule has 8 nitrogen and oxygen atoms in total. The Balaban J connectivity index is 2.09. The number of rotatable bonds is 12. The molecular weight excluding hydrogens is 609 g/mol. The number of amides is 2. The molecule has 3 rings (SSSR count). The minimum Gasteiger partial charge on any atom is -0.495 e. The largest absolute Gasteiger partial charge is 0.495 e. The molecule has 2 amide bonds. The summed E-state index contributed by atoms with van der Waals surface area (Å²) >= 11 is 18.7. The Kier molecular flexibility index (Phi) is 11.3. The number of sulfonamides is 1. The summed E-state index contributed by atoms with van der Waals surface area (Å²) in [5.74, 6) is -0.667. The number of nitrogens with one attached hydrogen (secondary N) is 1. The molecule has 0 aromatic heterocycles. The lowest BCUT2D eigenvalue weighted by Gasteiger charge is -2.32. The lowest BCUT2D eigenvalue weighted by atomic mass is 10.1. The normalized spacial score (nSPS) is 12.1. The minimum absolute atomic E-state index is 0.0372. The van der Waals surface area contributed by atoms with Gasteiger partial charge in [0.2, 0.25) is 11.8 Å². The summed E-state index contributed by atoms with van der Waals surface area (Å²) in [5.41, 5.74) is 0.601. The second-order valence-corrected chi connectivity index (χ2v) is 12.9. The van der Waals surface area contributed by atoms with E-state index < -0.39 is 34.4 Å². The second kappa shape index (κ2) is 14.3. The van der Waals surface area contributed by atoms with Gasteiger partial charge in [0.05, 0.1) is 17.7 Å². The van der Waals surface area contributed by atoms with Crippen LogP contribution in [-0.4, -0.2) is 51.4 Å². The molecule has 0 saturated carbocycles. The van der Waals surface area contributed by atoms with Crippen molar-refractivity contribution in [2.45, 2.75) is 38.3 Å². The van der Waals surface area contributed by atoms with Crippen LogP contribution in [0.25, 0.3) is 0 Å². The van der Waals surface area contributed by atoms with Gasteiger partial charge < -0.3 is 15.0 Å². The third-order valence-corrected chi connectivity index (χ3v) is 8.82. The van der Waals surface area contributed by atoms with Crippen molar-refractivity contribution in [3.8, 4) is 5.75 Å². The molecule has 3 aromatic rings. The number of anilines is 1.